The number of ether oxygens (including phenoxy) is 1. The number of nitrogens with zero attached hydrogens (tertiary/aromatic N) is 3. The van der Waals surface area contributed by atoms with Crippen LogP contribution >= 0.6 is 0 Å². The van der Waals surface area contributed by atoms with Gasteiger partial charge in [-0.25, -0.2) is 0 Å². The van der Waals surface area contributed by atoms with Crippen molar-refractivity contribution < 1.29 is 9.84 Å². The number of aromatic nitrogens is 2. The Morgan fingerprint density at radius 3 is 2.73 bits per heavy atom. The van der Waals surface area contributed by atoms with Crippen LogP contribution < -0.4 is 15.4 Å². The lowest BCUT2D eigenvalue weighted by atomic mass is 10.0. The first-order valence-electron chi connectivity index (χ1n) is 9.13. The van der Waals surface area contributed by atoms with Crippen molar-refractivity contribution in [2.45, 2.75) is 25.0 Å². The second-order valence-corrected chi connectivity index (χ2v) is 6.83. The SMILES string of the molecule is O=c1cc(N2CCOCC2)nc(N2CC[C@H](O)C2Cc2ccccc2)[nH]1. The summed E-state index contributed by atoms with van der Waals surface area (Å²) in [6.45, 7) is 3.41. The van der Waals surface area contributed by atoms with Gasteiger partial charge < -0.3 is 19.6 Å². The quantitative estimate of drug-likeness (QED) is 0.843. The molecule has 0 saturated carbocycles. The summed E-state index contributed by atoms with van der Waals surface area (Å²) < 4.78 is 5.38. The van der Waals surface area contributed by atoms with E-state index in [4.69, 9.17) is 9.72 Å². The molecule has 0 amide bonds. The number of aliphatic hydroxyl groups is 1. The number of H-pyrrole nitrogens is 1. The fraction of sp³-hybridized carbons (Fsp3) is 0.474. The normalized spacial score (nSPS) is 23.4. The first kappa shape index (κ1) is 17.1. The van der Waals surface area contributed by atoms with Gasteiger partial charge in [-0.1, -0.05) is 30.3 Å². The molecule has 2 aliphatic rings. The van der Waals surface area contributed by atoms with Crippen LogP contribution in [0.1, 0.15) is 12.0 Å². The molecule has 0 spiro atoms. The third kappa shape index (κ3) is 3.59. The van der Waals surface area contributed by atoms with Gasteiger partial charge in [-0.15, -0.1) is 0 Å². The van der Waals surface area contributed by atoms with Gasteiger partial charge in [0.05, 0.1) is 25.4 Å². The topological polar surface area (TPSA) is 81.7 Å². The van der Waals surface area contributed by atoms with Crippen molar-refractivity contribution in [3.8, 4) is 0 Å². The minimum atomic E-state index is -0.437. The Hall–Kier alpha value is -2.38. The van der Waals surface area contributed by atoms with Crippen molar-refractivity contribution >= 4 is 11.8 Å². The molecule has 138 valence electrons. The zero-order valence-electron chi connectivity index (χ0n) is 14.7. The van der Waals surface area contributed by atoms with Crippen molar-refractivity contribution in [3.05, 3.63) is 52.3 Å². The van der Waals surface area contributed by atoms with Crippen LogP contribution in [0.5, 0.6) is 0 Å². The third-order valence-electron chi connectivity index (χ3n) is 5.12. The van der Waals surface area contributed by atoms with Crippen molar-refractivity contribution in [1.82, 2.24) is 9.97 Å². The van der Waals surface area contributed by atoms with Gasteiger partial charge in [-0.2, -0.15) is 4.98 Å². The highest BCUT2D eigenvalue weighted by Gasteiger charge is 2.34. The summed E-state index contributed by atoms with van der Waals surface area (Å²) in [7, 11) is 0. The number of nitrogens with one attached hydrogen (secondary N) is 1. The lowest BCUT2D eigenvalue weighted by Gasteiger charge is -2.30. The fourth-order valence-electron chi connectivity index (χ4n) is 3.72. The number of hydrogen-bond acceptors (Lipinski definition) is 6. The number of rotatable bonds is 4. The molecule has 7 heteroatoms. The third-order valence-corrected chi connectivity index (χ3v) is 5.12. The molecule has 2 N–H and O–H groups in total. The van der Waals surface area contributed by atoms with Gasteiger partial charge in [0.2, 0.25) is 5.95 Å². The van der Waals surface area contributed by atoms with Crippen LogP contribution in [0, 0.1) is 0 Å². The maximum atomic E-state index is 12.2. The molecule has 7 nitrogen and oxygen atoms in total. The van der Waals surface area contributed by atoms with Crippen molar-refractivity contribution in [2.24, 2.45) is 0 Å². The molecule has 3 heterocycles. The summed E-state index contributed by atoms with van der Waals surface area (Å²) in [5.41, 5.74) is 0.992. The first-order valence-corrected chi connectivity index (χ1v) is 9.13. The van der Waals surface area contributed by atoms with E-state index in [2.05, 4.69) is 22.0 Å². The molecular formula is C19H24N4O3. The summed E-state index contributed by atoms with van der Waals surface area (Å²) in [6, 6.07) is 11.5. The fourth-order valence-corrected chi connectivity index (χ4v) is 3.72. The number of benzene rings is 1. The first-order chi connectivity index (χ1) is 12.7. The van der Waals surface area contributed by atoms with Gasteiger partial charge in [-0.3, -0.25) is 9.78 Å². The lowest BCUT2D eigenvalue weighted by Crippen LogP contribution is -2.40. The monoisotopic (exact) mass is 356 g/mol. The standard InChI is InChI=1S/C19H24N4O3/c24-16-6-7-23(15(16)12-14-4-2-1-3-5-14)19-20-17(13-18(25)21-19)22-8-10-26-11-9-22/h1-5,13,15-16,24H,6-12H2,(H,20,21,25)/t15?,16-/m0/s1. The molecule has 2 saturated heterocycles. The van der Waals surface area contributed by atoms with Crippen LogP contribution in [-0.4, -0.2) is 60.1 Å². The van der Waals surface area contributed by atoms with Crippen LogP contribution in [0.3, 0.4) is 0 Å². The molecule has 2 aromatic rings. The predicted molar refractivity (Wildman–Crippen MR) is 99.8 cm³/mol. The van der Waals surface area contributed by atoms with E-state index in [0.717, 1.165) is 18.7 Å². The van der Waals surface area contributed by atoms with Crippen molar-refractivity contribution in [3.63, 3.8) is 0 Å². The predicted octanol–water partition coefficient (Wildman–Crippen LogP) is 0.789. The highest BCUT2D eigenvalue weighted by Crippen LogP contribution is 2.26. The van der Waals surface area contributed by atoms with E-state index >= 15 is 0 Å². The Balaban J connectivity index is 1.60. The van der Waals surface area contributed by atoms with Crippen LogP contribution in [0.25, 0.3) is 0 Å². The molecule has 2 atom stereocenters. The largest absolute Gasteiger partial charge is 0.391 e. The van der Waals surface area contributed by atoms with Gasteiger partial charge in [-0.05, 0) is 18.4 Å². The highest BCUT2D eigenvalue weighted by atomic mass is 16.5. The van der Waals surface area contributed by atoms with Crippen LogP contribution in [0.2, 0.25) is 0 Å². The van der Waals surface area contributed by atoms with Crippen molar-refractivity contribution in [1.29, 1.82) is 0 Å². The molecule has 1 aromatic carbocycles. The molecule has 1 aromatic heterocycles. The van der Waals surface area contributed by atoms with E-state index in [-0.39, 0.29) is 11.6 Å². The summed E-state index contributed by atoms with van der Waals surface area (Å²) >= 11 is 0. The Bertz CT molecular complexity index is 789. The molecule has 2 aliphatic heterocycles. The van der Waals surface area contributed by atoms with E-state index in [1.165, 1.54) is 6.07 Å². The van der Waals surface area contributed by atoms with Gasteiger partial charge in [0.15, 0.2) is 0 Å². The molecule has 0 bridgehead atoms. The second kappa shape index (κ2) is 7.47. The van der Waals surface area contributed by atoms with E-state index in [0.29, 0.717) is 44.4 Å². The Kier molecular flexibility index (Phi) is 4.90. The lowest BCUT2D eigenvalue weighted by molar-refractivity contribution is 0.122. The summed E-state index contributed by atoms with van der Waals surface area (Å²) in [4.78, 5) is 23.9. The Morgan fingerprint density at radius 1 is 1.19 bits per heavy atom. The number of anilines is 2. The molecule has 1 unspecified atom stereocenters. The smallest absolute Gasteiger partial charge is 0.254 e. The minimum Gasteiger partial charge on any atom is -0.391 e. The maximum Gasteiger partial charge on any atom is 0.254 e. The van der Waals surface area contributed by atoms with Gasteiger partial charge >= 0.3 is 0 Å². The van der Waals surface area contributed by atoms with Crippen molar-refractivity contribution in [2.75, 3.05) is 42.6 Å². The van der Waals surface area contributed by atoms with E-state index in [1.807, 2.05) is 23.1 Å². The summed E-state index contributed by atoms with van der Waals surface area (Å²) in [5.74, 6) is 1.21. The van der Waals surface area contributed by atoms with Gasteiger partial charge in [0.25, 0.3) is 5.56 Å². The molecular weight excluding hydrogens is 332 g/mol. The van der Waals surface area contributed by atoms with Crippen LogP contribution in [0.15, 0.2) is 41.2 Å². The van der Waals surface area contributed by atoms with E-state index < -0.39 is 6.10 Å². The molecule has 0 radical (unpaired) electrons. The summed E-state index contributed by atoms with van der Waals surface area (Å²) in [6.07, 6.45) is 0.948. The van der Waals surface area contributed by atoms with E-state index in [1.54, 1.807) is 0 Å². The van der Waals surface area contributed by atoms with Gasteiger partial charge in [0.1, 0.15) is 5.82 Å². The van der Waals surface area contributed by atoms with Crippen LogP contribution in [-0.2, 0) is 11.2 Å². The Labute approximate surface area is 152 Å². The average molecular weight is 356 g/mol. The summed E-state index contributed by atoms with van der Waals surface area (Å²) in [5, 5.41) is 10.5. The highest BCUT2D eigenvalue weighted by molar-refractivity contribution is 5.46. The number of aliphatic hydroxyl groups excluding tert-OH is 1. The average Bonchev–Trinajstić information content (AvgIpc) is 3.03. The number of aromatic amines is 1. The maximum absolute atomic E-state index is 12.2. The van der Waals surface area contributed by atoms with Gasteiger partial charge in [0, 0.05) is 25.7 Å². The molecule has 2 fully saturated rings. The molecule has 0 aliphatic carbocycles. The zero-order valence-corrected chi connectivity index (χ0v) is 14.7. The zero-order chi connectivity index (χ0) is 17.9. The number of morpholine rings is 1. The Morgan fingerprint density at radius 2 is 1.96 bits per heavy atom. The number of hydrogen-bond donors (Lipinski definition) is 2. The molecule has 4 rings (SSSR count). The van der Waals surface area contributed by atoms with E-state index in [9.17, 15) is 9.90 Å². The second-order valence-electron chi connectivity index (χ2n) is 6.83. The van der Waals surface area contributed by atoms with Crippen LogP contribution in [0.4, 0.5) is 11.8 Å². The molecule has 26 heavy (non-hydrogen) atoms. The minimum absolute atomic E-state index is 0.0968.